The Morgan fingerprint density at radius 2 is 2.05 bits per heavy atom. The molecule has 1 heterocycles. The van der Waals surface area contributed by atoms with Gasteiger partial charge in [0.15, 0.2) is 5.96 Å². The summed E-state index contributed by atoms with van der Waals surface area (Å²) in [5, 5.41) is 2.87. The van der Waals surface area contributed by atoms with Crippen molar-refractivity contribution in [3.63, 3.8) is 0 Å². The minimum atomic E-state index is -0.562. The largest absolute Gasteiger partial charge is 0.370 e. The molecule has 2 atom stereocenters. The lowest BCUT2D eigenvalue weighted by atomic mass is 10.1. The number of hydrogen-bond donors (Lipinski definition) is 4. The Hall–Kier alpha value is -2.15. The molecule has 0 bridgehead atoms. The number of nitrogens with two attached hydrogens (primary N) is 3. The number of guanidine groups is 1. The number of rotatable bonds is 7. The second-order valence-corrected chi connectivity index (χ2v) is 4.57. The quantitative estimate of drug-likeness (QED) is 0.307. The number of carbonyl (C=O) groups excluding carboxylic acids is 1. The van der Waals surface area contributed by atoms with Gasteiger partial charge in [-0.05, 0) is 37.5 Å². The number of carbonyl (C=O) groups is 1. The number of aliphatic imine (C=N–C) groups is 1. The van der Waals surface area contributed by atoms with Gasteiger partial charge in [0, 0.05) is 18.9 Å². The standard InChI is InChI=1S/C13H22N6O/c1-9(10-4-7-17-8-5-10)19-12(20)11(14)3-2-6-18-13(15)16/h4-5,7-9,11H,2-3,6,14H2,1H3,(H,19,20)(H4,15,16,18)/t9?,11-/m0/s1. The van der Waals surface area contributed by atoms with E-state index in [9.17, 15) is 4.79 Å². The van der Waals surface area contributed by atoms with Crippen LogP contribution in [0.15, 0.2) is 29.5 Å². The van der Waals surface area contributed by atoms with E-state index in [2.05, 4.69) is 15.3 Å². The van der Waals surface area contributed by atoms with E-state index < -0.39 is 6.04 Å². The lowest BCUT2D eigenvalue weighted by molar-refractivity contribution is -0.123. The van der Waals surface area contributed by atoms with Gasteiger partial charge >= 0.3 is 0 Å². The van der Waals surface area contributed by atoms with E-state index in [0.717, 1.165) is 5.56 Å². The summed E-state index contributed by atoms with van der Waals surface area (Å²) in [6, 6.07) is 3.05. The molecule has 1 rings (SSSR count). The first-order valence-electron chi connectivity index (χ1n) is 6.52. The van der Waals surface area contributed by atoms with Gasteiger partial charge in [-0.25, -0.2) is 0 Å². The van der Waals surface area contributed by atoms with Gasteiger partial charge in [0.1, 0.15) is 0 Å². The summed E-state index contributed by atoms with van der Waals surface area (Å²) in [5.41, 5.74) is 17.2. The summed E-state index contributed by atoms with van der Waals surface area (Å²) in [6.07, 6.45) is 4.57. The third-order valence-corrected chi connectivity index (χ3v) is 2.87. The maximum absolute atomic E-state index is 11.9. The van der Waals surface area contributed by atoms with Crippen molar-refractivity contribution in [3.8, 4) is 0 Å². The van der Waals surface area contributed by atoms with Crippen molar-refractivity contribution in [2.75, 3.05) is 6.54 Å². The maximum atomic E-state index is 11.9. The number of pyridine rings is 1. The zero-order valence-electron chi connectivity index (χ0n) is 11.6. The van der Waals surface area contributed by atoms with Gasteiger partial charge in [-0.3, -0.25) is 14.8 Å². The predicted molar refractivity (Wildman–Crippen MR) is 78.7 cm³/mol. The van der Waals surface area contributed by atoms with E-state index in [-0.39, 0.29) is 17.9 Å². The summed E-state index contributed by atoms with van der Waals surface area (Å²) >= 11 is 0. The fraction of sp³-hybridized carbons (Fsp3) is 0.462. The molecule has 0 fully saturated rings. The van der Waals surface area contributed by atoms with Crippen LogP contribution in [0.1, 0.15) is 31.4 Å². The number of nitrogens with one attached hydrogen (secondary N) is 1. The minimum Gasteiger partial charge on any atom is -0.370 e. The summed E-state index contributed by atoms with van der Waals surface area (Å²) in [5.74, 6) is -0.131. The summed E-state index contributed by atoms with van der Waals surface area (Å²) in [7, 11) is 0. The van der Waals surface area contributed by atoms with E-state index in [0.29, 0.717) is 19.4 Å². The molecule has 0 saturated heterocycles. The van der Waals surface area contributed by atoms with E-state index in [1.807, 2.05) is 19.1 Å². The molecular formula is C13H22N6O. The van der Waals surface area contributed by atoms with E-state index in [1.165, 1.54) is 0 Å². The topological polar surface area (TPSA) is 132 Å². The highest BCUT2D eigenvalue weighted by Crippen LogP contribution is 2.10. The number of amides is 1. The molecule has 0 aliphatic rings. The van der Waals surface area contributed by atoms with Gasteiger partial charge < -0.3 is 22.5 Å². The Morgan fingerprint density at radius 3 is 2.65 bits per heavy atom. The van der Waals surface area contributed by atoms with Crippen molar-refractivity contribution in [2.45, 2.75) is 31.8 Å². The van der Waals surface area contributed by atoms with Crippen molar-refractivity contribution in [2.24, 2.45) is 22.2 Å². The normalized spacial score (nSPS) is 13.3. The van der Waals surface area contributed by atoms with Crippen LogP contribution >= 0.6 is 0 Å². The van der Waals surface area contributed by atoms with Gasteiger partial charge in [0.05, 0.1) is 12.1 Å². The van der Waals surface area contributed by atoms with Crippen LogP contribution in [0.4, 0.5) is 0 Å². The van der Waals surface area contributed by atoms with Gasteiger partial charge in [0.25, 0.3) is 0 Å². The van der Waals surface area contributed by atoms with Crippen LogP contribution in [-0.2, 0) is 4.79 Å². The van der Waals surface area contributed by atoms with Gasteiger partial charge in [-0.2, -0.15) is 0 Å². The van der Waals surface area contributed by atoms with Crippen LogP contribution in [0.3, 0.4) is 0 Å². The van der Waals surface area contributed by atoms with Gasteiger partial charge in [-0.1, -0.05) is 0 Å². The van der Waals surface area contributed by atoms with Crippen LogP contribution < -0.4 is 22.5 Å². The molecule has 0 spiro atoms. The molecule has 7 heteroatoms. The summed E-state index contributed by atoms with van der Waals surface area (Å²) in [4.78, 5) is 19.7. The zero-order chi connectivity index (χ0) is 15.0. The highest BCUT2D eigenvalue weighted by Gasteiger charge is 2.16. The zero-order valence-corrected chi connectivity index (χ0v) is 11.6. The lowest BCUT2D eigenvalue weighted by Crippen LogP contribution is -2.41. The van der Waals surface area contributed by atoms with Gasteiger partial charge in [-0.15, -0.1) is 0 Å². The Morgan fingerprint density at radius 1 is 1.40 bits per heavy atom. The number of aromatic nitrogens is 1. The SMILES string of the molecule is CC(NC(=O)[C@@H](N)CCCN=C(N)N)c1ccncc1. The molecule has 0 aliphatic carbocycles. The molecule has 0 radical (unpaired) electrons. The predicted octanol–water partition coefficient (Wildman–Crippen LogP) is -0.360. The van der Waals surface area contributed by atoms with Crippen molar-refractivity contribution in [3.05, 3.63) is 30.1 Å². The van der Waals surface area contributed by atoms with E-state index >= 15 is 0 Å². The Labute approximate surface area is 118 Å². The molecule has 0 aliphatic heterocycles. The van der Waals surface area contributed by atoms with Crippen molar-refractivity contribution in [1.29, 1.82) is 0 Å². The van der Waals surface area contributed by atoms with Gasteiger partial charge in [0.2, 0.25) is 5.91 Å². The van der Waals surface area contributed by atoms with Crippen LogP contribution in [-0.4, -0.2) is 29.4 Å². The highest BCUT2D eigenvalue weighted by molar-refractivity contribution is 5.81. The molecule has 7 nitrogen and oxygen atoms in total. The second kappa shape index (κ2) is 8.11. The van der Waals surface area contributed by atoms with Crippen molar-refractivity contribution in [1.82, 2.24) is 10.3 Å². The Kier molecular flexibility index (Phi) is 6.45. The molecule has 1 amide bonds. The monoisotopic (exact) mass is 278 g/mol. The molecule has 0 saturated carbocycles. The first-order chi connectivity index (χ1) is 9.50. The van der Waals surface area contributed by atoms with Crippen LogP contribution in [0.2, 0.25) is 0 Å². The van der Waals surface area contributed by atoms with Crippen LogP contribution in [0, 0.1) is 0 Å². The molecule has 1 aromatic heterocycles. The van der Waals surface area contributed by atoms with Crippen LogP contribution in [0.25, 0.3) is 0 Å². The maximum Gasteiger partial charge on any atom is 0.237 e. The van der Waals surface area contributed by atoms with E-state index in [4.69, 9.17) is 17.2 Å². The molecule has 1 unspecified atom stereocenters. The lowest BCUT2D eigenvalue weighted by Gasteiger charge is -2.17. The smallest absolute Gasteiger partial charge is 0.237 e. The number of hydrogen-bond acceptors (Lipinski definition) is 4. The molecule has 0 aromatic carbocycles. The molecular weight excluding hydrogens is 256 g/mol. The van der Waals surface area contributed by atoms with Crippen molar-refractivity contribution >= 4 is 11.9 Å². The molecule has 7 N–H and O–H groups in total. The van der Waals surface area contributed by atoms with Crippen molar-refractivity contribution < 1.29 is 4.79 Å². The molecule has 20 heavy (non-hydrogen) atoms. The average molecular weight is 278 g/mol. The Bertz CT molecular complexity index is 443. The third kappa shape index (κ3) is 5.66. The Balaban J connectivity index is 2.36. The second-order valence-electron chi connectivity index (χ2n) is 4.57. The summed E-state index contributed by atoms with van der Waals surface area (Å²) in [6.45, 7) is 2.38. The average Bonchev–Trinajstić information content (AvgIpc) is 2.44. The third-order valence-electron chi connectivity index (χ3n) is 2.87. The minimum absolute atomic E-state index is 0.0503. The number of nitrogens with zero attached hydrogens (tertiary/aromatic N) is 2. The van der Waals surface area contributed by atoms with Crippen LogP contribution in [0.5, 0.6) is 0 Å². The van der Waals surface area contributed by atoms with E-state index in [1.54, 1.807) is 12.4 Å². The highest BCUT2D eigenvalue weighted by atomic mass is 16.2. The molecule has 1 aromatic rings. The fourth-order valence-electron chi connectivity index (χ4n) is 1.71. The first-order valence-corrected chi connectivity index (χ1v) is 6.52. The fourth-order valence-corrected chi connectivity index (χ4v) is 1.71. The summed E-state index contributed by atoms with van der Waals surface area (Å²) < 4.78 is 0. The molecule has 110 valence electrons. The first kappa shape index (κ1) is 15.9.